The van der Waals surface area contributed by atoms with Crippen LogP contribution in [0.15, 0.2) is 11.6 Å². The van der Waals surface area contributed by atoms with Crippen LogP contribution in [-0.2, 0) is 0 Å². The second-order valence-corrected chi connectivity index (χ2v) is 6.14. The molecule has 1 saturated heterocycles. The average molecular weight is 236 g/mol. The minimum Gasteiger partial charge on any atom is -0.310 e. The summed E-state index contributed by atoms with van der Waals surface area (Å²) < 4.78 is 0. The maximum Gasteiger partial charge on any atom is 0.0308 e. The van der Waals surface area contributed by atoms with Crippen molar-refractivity contribution in [2.45, 2.75) is 57.9 Å². The van der Waals surface area contributed by atoms with Gasteiger partial charge in [-0.2, -0.15) is 0 Å². The van der Waals surface area contributed by atoms with Crippen LogP contribution in [0.2, 0.25) is 0 Å². The van der Waals surface area contributed by atoms with Gasteiger partial charge in [0.15, 0.2) is 0 Å². The highest BCUT2D eigenvalue weighted by Crippen LogP contribution is 2.30. The lowest BCUT2D eigenvalue weighted by atomic mass is 9.81. The third kappa shape index (κ3) is 3.82. The summed E-state index contributed by atoms with van der Waals surface area (Å²) in [4.78, 5) is 2.65. The maximum atomic E-state index is 3.85. The van der Waals surface area contributed by atoms with Gasteiger partial charge in [-0.25, -0.2) is 0 Å². The van der Waals surface area contributed by atoms with Crippen LogP contribution in [0.25, 0.3) is 0 Å². The molecule has 2 aliphatic rings. The van der Waals surface area contributed by atoms with Crippen molar-refractivity contribution in [2.24, 2.45) is 0 Å². The smallest absolute Gasteiger partial charge is 0.0308 e. The molecule has 1 aliphatic carbocycles. The molecule has 0 aromatic carbocycles. The molecule has 1 spiro atoms. The minimum absolute atomic E-state index is 0.449. The molecule has 1 saturated carbocycles. The molecule has 2 heteroatoms. The minimum atomic E-state index is 0.449. The van der Waals surface area contributed by atoms with Crippen molar-refractivity contribution in [3.05, 3.63) is 11.6 Å². The van der Waals surface area contributed by atoms with Gasteiger partial charge < -0.3 is 5.32 Å². The van der Waals surface area contributed by atoms with Crippen molar-refractivity contribution in [2.75, 3.05) is 26.2 Å². The normalized spacial score (nSPS) is 25.5. The first-order valence-electron chi connectivity index (χ1n) is 7.31. The highest BCUT2D eigenvalue weighted by atomic mass is 15.2. The van der Waals surface area contributed by atoms with Gasteiger partial charge in [-0.3, -0.25) is 4.90 Å². The summed E-state index contributed by atoms with van der Waals surface area (Å²) in [6.45, 7) is 9.28. The Morgan fingerprint density at radius 3 is 2.65 bits per heavy atom. The molecule has 1 N–H and O–H groups in total. The molecule has 0 amide bonds. The molecule has 0 aromatic heterocycles. The molecule has 0 radical (unpaired) electrons. The van der Waals surface area contributed by atoms with Crippen LogP contribution in [0.1, 0.15) is 52.4 Å². The van der Waals surface area contributed by atoms with Gasteiger partial charge in [0.1, 0.15) is 0 Å². The van der Waals surface area contributed by atoms with E-state index in [1.807, 2.05) is 0 Å². The van der Waals surface area contributed by atoms with Crippen LogP contribution < -0.4 is 5.32 Å². The number of nitrogens with one attached hydrogen (secondary N) is 1. The quantitative estimate of drug-likeness (QED) is 0.742. The van der Waals surface area contributed by atoms with Crippen LogP contribution in [0.3, 0.4) is 0 Å². The fraction of sp³-hybridized carbons (Fsp3) is 0.867. The topological polar surface area (TPSA) is 15.3 Å². The Balaban J connectivity index is 1.96. The van der Waals surface area contributed by atoms with E-state index in [9.17, 15) is 0 Å². The Bertz CT molecular complexity index is 260. The first-order chi connectivity index (χ1) is 8.20. The summed E-state index contributed by atoms with van der Waals surface area (Å²) in [6.07, 6.45) is 10.7. The van der Waals surface area contributed by atoms with Gasteiger partial charge in [-0.15, -0.1) is 0 Å². The molecule has 0 unspecified atom stereocenters. The van der Waals surface area contributed by atoms with Crippen LogP contribution in [-0.4, -0.2) is 36.6 Å². The predicted molar refractivity (Wildman–Crippen MR) is 74.3 cm³/mol. The second kappa shape index (κ2) is 6.01. The van der Waals surface area contributed by atoms with E-state index in [1.54, 1.807) is 0 Å². The van der Waals surface area contributed by atoms with Gasteiger partial charge in [0, 0.05) is 18.6 Å². The third-order valence-corrected chi connectivity index (χ3v) is 4.25. The van der Waals surface area contributed by atoms with E-state index < -0.39 is 0 Å². The Kier molecular flexibility index (Phi) is 4.63. The van der Waals surface area contributed by atoms with Crippen LogP contribution in [0.5, 0.6) is 0 Å². The highest BCUT2D eigenvalue weighted by Gasteiger charge is 2.34. The fourth-order valence-electron chi connectivity index (χ4n) is 3.25. The van der Waals surface area contributed by atoms with E-state index in [0.717, 1.165) is 6.54 Å². The summed E-state index contributed by atoms with van der Waals surface area (Å²) in [6, 6.07) is 0. The zero-order chi connectivity index (χ0) is 12.1. The predicted octanol–water partition coefficient (Wildman–Crippen LogP) is 2.95. The van der Waals surface area contributed by atoms with Crippen molar-refractivity contribution in [1.82, 2.24) is 10.2 Å². The maximum absolute atomic E-state index is 3.85. The van der Waals surface area contributed by atoms with E-state index in [0.29, 0.717) is 5.54 Å². The Hall–Kier alpha value is -0.340. The van der Waals surface area contributed by atoms with Gasteiger partial charge in [0.2, 0.25) is 0 Å². The Labute approximate surface area is 106 Å². The van der Waals surface area contributed by atoms with Gasteiger partial charge in [0.05, 0.1) is 0 Å². The number of hydrogen-bond donors (Lipinski definition) is 1. The van der Waals surface area contributed by atoms with Gasteiger partial charge in [-0.05, 0) is 46.2 Å². The first-order valence-corrected chi connectivity index (χ1v) is 7.31. The van der Waals surface area contributed by atoms with Crippen molar-refractivity contribution in [1.29, 1.82) is 0 Å². The van der Waals surface area contributed by atoms with Crippen LogP contribution >= 0.6 is 0 Å². The van der Waals surface area contributed by atoms with E-state index in [4.69, 9.17) is 0 Å². The summed E-state index contributed by atoms with van der Waals surface area (Å²) in [5.74, 6) is 0. The molecular formula is C15H28N2. The highest BCUT2D eigenvalue weighted by molar-refractivity contribution is 4.99. The molecule has 0 aromatic rings. The standard InChI is InChI=1S/C15H28N2/c1-14(2)7-12-17-11-6-10-16-15(13-17)8-4-3-5-9-15/h7,16H,3-6,8-13H2,1-2H3. The zero-order valence-electron chi connectivity index (χ0n) is 11.6. The summed E-state index contributed by atoms with van der Waals surface area (Å²) >= 11 is 0. The summed E-state index contributed by atoms with van der Waals surface area (Å²) in [7, 11) is 0. The van der Waals surface area contributed by atoms with Crippen LogP contribution in [0.4, 0.5) is 0 Å². The molecule has 17 heavy (non-hydrogen) atoms. The van der Waals surface area contributed by atoms with E-state index >= 15 is 0 Å². The van der Waals surface area contributed by atoms with E-state index in [-0.39, 0.29) is 0 Å². The summed E-state index contributed by atoms with van der Waals surface area (Å²) in [5.41, 5.74) is 1.89. The third-order valence-electron chi connectivity index (χ3n) is 4.25. The lowest BCUT2D eigenvalue weighted by molar-refractivity contribution is 0.173. The lowest BCUT2D eigenvalue weighted by Crippen LogP contribution is -2.52. The van der Waals surface area contributed by atoms with Gasteiger partial charge >= 0.3 is 0 Å². The van der Waals surface area contributed by atoms with Crippen molar-refractivity contribution in [3.63, 3.8) is 0 Å². The lowest BCUT2D eigenvalue weighted by Gasteiger charge is -2.39. The molecule has 0 bridgehead atoms. The number of nitrogens with zero attached hydrogens (tertiary/aromatic N) is 1. The SMILES string of the molecule is CC(C)=CCN1CCCNC2(CCCCC2)C1. The second-order valence-electron chi connectivity index (χ2n) is 6.14. The van der Waals surface area contributed by atoms with E-state index in [1.165, 1.54) is 63.7 Å². The molecule has 1 aliphatic heterocycles. The Morgan fingerprint density at radius 1 is 1.18 bits per heavy atom. The molecule has 0 atom stereocenters. The van der Waals surface area contributed by atoms with Crippen molar-refractivity contribution in [3.8, 4) is 0 Å². The molecule has 2 nitrogen and oxygen atoms in total. The van der Waals surface area contributed by atoms with Crippen molar-refractivity contribution >= 4 is 0 Å². The monoisotopic (exact) mass is 236 g/mol. The average Bonchev–Trinajstić information content (AvgIpc) is 2.50. The van der Waals surface area contributed by atoms with Crippen molar-refractivity contribution < 1.29 is 0 Å². The first kappa shape index (κ1) is 13.1. The van der Waals surface area contributed by atoms with Crippen LogP contribution in [0, 0.1) is 0 Å². The molecule has 2 fully saturated rings. The number of rotatable bonds is 2. The van der Waals surface area contributed by atoms with E-state index in [2.05, 4.69) is 30.1 Å². The van der Waals surface area contributed by atoms with Gasteiger partial charge in [-0.1, -0.05) is 30.9 Å². The fourth-order valence-corrected chi connectivity index (χ4v) is 3.25. The molecule has 1 heterocycles. The molecular weight excluding hydrogens is 208 g/mol. The largest absolute Gasteiger partial charge is 0.310 e. The zero-order valence-corrected chi connectivity index (χ0v) is 11.6. The molecule has 98 valence electrons. The molecule has 2 rings (SSSR count). The summed E-state index contributed by atoms with van der Waals surface area (Å²) in [5, 5.41) is 3.85. The number of hydrogen-bond acceptors (Lipinski definition) is 2. The number of allylic oxidation sites excluding steroid dienone is 1. The van der Waals surface area contributed by atoms with Gasteiger partial charge in [0.25, 0.3) is 0 Å². The Morgan fingerprint density at radius 2 is 1.94 bits per heavy atom.